The Morgan fingerprint density at radius 1 is 1.19 bits per heavy atom. The number of fused-ring (bicyclic) bond motifs is 1. The summed E-state index contributed by atoms with van der Waals surface area (Å²) in [5, 5.41) is 9.93. The van der Waals surface area contributed by atoms with Crippen molar-refractivity contribution in [3.63, 3.8) is 0 Å². The molecule has 1 aromatic carbocycles. The molecule has 5 heteroatoms. The van der Waals surface area contributed by atoms with Crippen molar-refractivity contribution in [3.8, 4) is 0 Å². The standard InChI is InChI=1S/C11H9F3O2/c1-10(15,11(12,13)14)9-6-7-4-2-3-5-8(7)16-9/h2-6,15H,1H3. The molecule has 0 fully saturated rings. The summed E-state index contributed by atoms with van der Waals surface area (Å²) in [5.41, 5.74) is -2.64. The van der Waals surface area contributed by atoms with E-state index in [4.69, 9.17) is 4.42 Å². The minimum Gasteiger partial charge on any atom is -0.458 e. The zero-order valence-electron chi connectivity index (χ0n) is 8.38. The van der Waals surface area contributed by atoms with Crippen LogP contribution in [0.4, 0.5) is 13.2 Å². The molecule has 0 amide bonds. The Morgan fingerprint density at radius 2 is 1.81 bits per heavy atom. The lowest BCUT2D eigenvalue weighted by atomic mass is 10.0. The lowest BCUT2D eigenvalue weighted by Crippen LogP contribution is -2.38. The molecule has 0 aliphatic carbocycles. The van der Waals surface area contributed by atoms with E-state index in [2.05, 4.69) is 0 Å². The molecule has 16 heavy (non-hydrogen) atoms. The van der Waals surface area contributed by atoms with E-state index in [1.165, 1.54) is 6.07 Å². The second-order valence-electron chi connectivity index (χ2n) is 3.72. The maximum Gasteiger partial charge on any atom is 0.424 e. The van der Waals surface area contributed by atoms with Gasteiger partial charge in [-0.15, -0.1) is 0 Å². The van der Waals surface area contributed by atoms with Gasteiger partial charge in [0.25, 0.3) is 0 Å². The molecule has 1 atom stereocenters. The zero-order chi connectivity index (χ0) is 12.0. The fourth-order valence-corrected chi connectivity index (χ4v) is 1.36. The number of benzene rings is 1. The fourth-order valence-electron chi connectivity index (χ4n) is 1.36. The summed E-state index contributed by atoms with van der Waals surface area (Å²) in [5.74, 6) is -0.499. The Hall–Kier alpha value is -1.49. The van der Waals surface area contributed by atoms with Gasteiger partial charge in [0, 0.05) is 5.39 Å². The van der Waals surface area contributed by atoms with Crippen LogP contribution in [0.5, 0.6) is 0 Å². The quantitative estimate of drug-likeness (QED) is 0.816. The van der Waals surface area contributed by atoms with Crippen LogP contribution in [0.15, 0.2) is 34.7 Å². The summed E-state index contributed by atoms with van der Waals surface area (Å²) in [4.78, 5) is 0. The average molecular weight is 230 g/mol. The Kier molecular flexibility index (Phi) is 2.24. The lowest BCUT2D eigenvalue weighted by Gasteiger charge is -2.23. The van der Waals surface area contributed by atoms with Gasteiger partial charge >= 0.3 is 6.18 Å². The molecule has 1 heterocycles. The lowest BCUT2D eigenvalue weighted by molar-refractivity contribution is -0.264. The van der Waals surface area contributed by atoms with Crippen LogP contribution in [0, 0.1) is 0 Å². The summed E-state index contributed by atoms with van der Waals surface area (Å²) < 4.78 is 42.6. The number of rotatable bonds is 1. The van der Waals surface area contributed by atoms with Gasteiger partial charge in [-0.3, -0.25) is 0 Å². The smallest absolute Gasteiger partial charge is 0.424 e. The number of alkyl halides is 3. The van der Waals surface area contributed by atoms with Gasteiger partial charge in [0.1, 0.15) is 11.3 Å². The van der Waals surface area contributed by atoms with Crippen molar-refractivity contribution >= 4 is 11.0 Å². The Labute approximate surface area is 89.3 Å². The molecule has 86 valence electrons. The van der Waals surface area contributed by atoms with Gasteiger partial charge in [0.15, 0.2) is 0 Å². The molecular weight excluding hydrogens is 221 g/mol. The zero-order valence-corrected chi connectivity index (χ0v) is 8.38. The molecule has 0 saturated heterocycles. The molecule has 0 spiro atoms. The first-order valence-electron chi connectivity index (χ1n) is 4.60. The SMILES string of the molecule is CC(O)(c1cc2ccccc2o1)C(F)(F)F. The minimum atomic E-state index is -4.76. The summed E-state index contributed by atoms with van der Waals surface area (Å²) in [7, 11) is 0. The largest absolute Gasteiger partial charge is 0.458 e. The number of hydrogen-bond acceptors (Lipinski definition) is 2. The number of aliphatic hydroxyl groups is 1. The van der Waals surface area contributed by atoms with Gasteiger partial charge < -0.3 is 9.52 Å². The highest BCUT2D eigenvalue weighted by molar-refractivity contribution is 5.77. The maximum atomic E-state index is 12.5. The van der Waals surface area contributed by atoms with Gasteiger partial charge in [-0.25, -0.2) is 0 Å². The molecule has 0 aliphatic rings. The normalized spacial score (nSPS) is 16.3. The molecule has 2 nitrogen and oxygen atoms in total. The first-order valence-corrected chi connectivity index (χ1v) is 4.60. The highest BCUT2D eigenvalue weighted by atomic mass is 19.4. The third-order valence-corrected chi connectivity index (χ3v) is 2.46. The van der Waals surface area contributed by atoms with Gasteiger partial charge in [-0.05, 0) is 19.1 Å². The van der Waals surface area contributed by atoms with Gasteiger partial charge in [0.2, 0.25) is 5.60 Å². The van der Waals surface area contributed by atoms with Crippen LogP contribution in [0.2, 0.25) is 0 Å². The van der Waals surface area contributed by atoms with Crippen LogP contribution >= 0.6 is 0 Å². The molecule has 0 saturated carbocycles. The number of hydrogen-bond donors (Lipinski definition) is 1. The summed E-state index contributed by atoms with van der Waals surface area (Å²) in [6, 6.07) is 7.70. The monoisotopic (exact) mass is 230 g/mol. The van der Waals surface area contributed by atoms with E-state index in [1.807, 2.05) is 0 Å². The van der Waals surface area contributed by atoms with Crippen LogP contribution in [0.25, 0.3) is 11.0 Å². The third-order valence-electron chi connectivity index (χ3n) is 2.46. The Bertz CT molecular complexity index is 478. The summed E-state index contributed by atoms with van der Waals surface area (Å²) >= 11 is 0. The van der Waals surface area contributed by atoms with E-state index in [0.29, 0.717) is 17.9 Å². The molecule has 1 N–H and O–H groups in total. The molecule has 0 radical (unpaired) electrons. The van der Waals surface area contributed by atoms with Gasteiger partial charge in [-0.1, -0.05) is 18.2 Å². The van der Waals surface area contributed by atoms with Crippen molar-refractivity contribution in [2.24, 2.45) is 0 Å². The summed E-state index contributed by atoms with van der Waals surface area (Å²) in [6.45, 7) is 0.671. The van der Waals surface area contributed by atoms with Crippen LogP contribution in [0.1, 0.15) is 12.7 Å². The molecule has 0 bridgehead atoms. The van der Waals surface area contributed by atoms with Crippen molar-refractivity contribution in [3.05, 3.63) is 36.1 Å². The van der Waals surface area contributed by atoms with Crippen LogP contribution in [0.3, 0.4) is 0 Å². The summed E-state index contributed by atoms with van der Waals surface area (Å²) in [6.07, 6.45) is -4.76. The van der Waals surface area contributed by atoms with E-state index in [9.17, 15) is 18.3 Å². The molecule has 1 aromatic heterocycles. The first-order chi connectivity index (χ1) is 7.32. The van der Waals surface area contributed by atoms with E-state index in [1.54, 1.807) is 24.3 Å². The Balaban J connectivity index is 2.56. The van der Waals surface area contributed by atoms with Crippen molar-refractivity contribution < 1.29 is 22.7 Å². The topological polar surface area (TPSA) is 33.4 Å². The predicted octanol–water partition coefficient (Wildman–Crippen LogP) is 3.20. The van der Waals surface area contributed by atoms with E-state index in [0.717, 1.165) is 0 Å². The molecule has 2 aromatic rings. The van der Waals surface area contributed by atoms with E-state index in [-0.39, 0.29) is 0 Å². The highest BCUT2D eigenvalue weighted by Crippen LogP contribution is 2.40. The third kappa shape index (κ3) is 1.57. The second kappa shape index (κ2) is 3.25. The van der Waals surface area contributed by atoms with Crippen molar-refractivity contribution in [1.82, 2.24) is 0 Å². The fraction of sp³-hybridized carbons (Fsp3) is 0.273. The van der Waals surface area contributed by atoms with Gasteiger partial charge in [-0.2, -0.15) is 13.2 Å². The van der Waals surface area contributed by atoms with Gasteiger partial charge in [0.05, 0.1) is 0 Å². The number of furan rings is 1. The number of para-hydroxylation sites is 1. The maximum absolute atomic E-state index is 12.5. The Morgan fingerprint density at radius 3 is 2.38 bits per heavy atom. The molecular formula is C11H9F3O2. The van der Waals surface area contributed by atoms with Crippen LogP contribution in [-0.4, -0.2) is 11.3 Å². The predicted molar refractivity (Wildman–Crippen MR) is 51.8 cm³/mol. The molecule has 2 rings (SSSR count). The highest BCUT2D eigenvalue weighted by Gasteiger charge is 2.53. The van der Waals surface area contributed by atoms with Crippen LogP contribution in [-0.2, 0) is 5.60 Å². The van der Waals surface area contributed by atoms with E-state index < -0.39 is 17.5 Å². The van der Waals surface area contributed by atoms with Crippen molar-refractivity contribution in [2.45, 2.75) is 18.7 Å². The van der Waals surface area contributed by atoms with Crippen molar-refractivity contribution in [2.75, 3.05) is 0 Å². The van der Waals surface area contributed by atoms with E-state index >= 15 is 0 Å². The first kappa shape index (κ1) is 11.0. The molecule has 0 aliphatic heterocycles. The van der Waals surface area contributed by atoms with Crippen LogP contribution < -0.4 is 0 Å². The van der Waals surface area contributed by atoms with Crippen molar-refractivity contribution in [1.29, 1.82) is 0 Å². The molecule has 1 unspecified atom stereocenters. The minimum absolute atomic E-state index is 0.321. The second-order valence-corrected chi connectivity index (χ2v) is 3.72. The number of halogens is 3. The average Bonchev–Trinajstić information content (AvgIpc) is 2.59.